The number of hydrogen-bond donors (Lipinski definition) is 2. The SMILES string of the molecule is CCCCOc1nc(N)c2ncc(Cc3ccc(OC4C[C@H]5CCC[C@@H](C4)N5)cc3F)n2n1. The van der Waals surface area contributed by atoms with Gasteiger partial charge in [0.05, 0.1) is 18.5 Å². The smallest absolute Gasteiger partial charge is 0.336 e. The molecule has 0 spiro atoms. The Morgan fingerprint density at radius 2 is 2.06 bits per heavy atom. The monoisotopic (exact) mass is 454 g/mol. The van der Waals surface area contributed by atoms with E-state index in [2.05, 4.69) is 27.3 Å². The van der Waals surface area contributed by atoms with Crippen molar-refractivity contribution >= 4 is 11.5 Å². The lowest BCUT2D eigenvalue weighted by molar-refractivity contribution is 0.0924. The van der Waals surface area contributed by atoms with Crippen LogP contribution in [0.3, 0.4) is 0 Å². The molecule has 3 atom stereocenters. The minimum atomic E-state index is -0.307. The molecule has 33 heavy (non-hydrogen) atoms. The highest BCUT2D eigenvalue weighted by atomic mass is 19.1. The molecule has 2 aliphatic rings. The van der Waals surface area contributed by atoms with Crippen LogP contribution in [0.25, 0.3) is 5.65 Å². The second kappa shape index (κ2) is 9.51. The lowest BCUT2D eigenvalue weighted by Gasteiger charge is -2.40. The van der Waals surface area contributed by atoms with Crippen LogP contribution in [-0.2, 0) is 6.42 Å². The molecule has 3 N–H and O–H groups in total. The summed E-state index contributed by atoms with van der Waals surface area (Å²) in [6.07, 6.45) is 9.63. The molecular formula is C24H31FN6O2. The Morgan fingerprint density at radius 3 is 2.82 bits per heavy atom. The van der Waals surface area contributed by atoms with Crippen molar-refractivity contribution in [3.8, 4) is 11.8 Å². The molecule has 0 amide bonds. The molecule has 4 heterocycles. The number of unbranched alkanes of at least 4 members (excludes halogenated alkanes) is 1. The molecular weight excluding hydrogens is 423 g/mol. The van der Waals surface area contributed by atoms with E-state index in [4.69, 9.17) is 15.2 Å². The van der Waals surface area contributed by atoms with Crippen LogP contribution in [0.15, 0.2) is 24.4 Å². The molecule has 0 aliphatic carbocycles. The standard InChI is InChI=1S/C24H31FN6O2/c1-2-3-9-32-24-29-22(26)23-27-14-18(31(23)30-24)10-15-7-8-19(13-21(15)25)33-20-11-16-5-4-6-17(12-20)28-16/h7-8,13-14,16-17,20,28H,2-6,9-12H2,1H3,(H2,26,29,30)/t16-,17+,20?. The van der Waals surface area contributed by atoms with Crippen LogP contribution in [0.2, 0.25) is 0 Å². The second-order valence-electron chi connectivity index (χ2n) is 9.10. The van der Waals surface area contributed by atoms with Crippen molar-refractivity contribution < 1.29 is 13.9 Å². The van der Waals surface area contributed by atoms with Gasteiger partial charge in [-0.3, -0.25) is 0 Å². The molecule has 0 radical (unpaired) electrons. The lowest BCUT2D eigenvalue weighted by Crippen LogP contribution is -2.51. The molecule has 9 heteroatoms. The summed E-state index contributed by atoms with van der Waals surface area (Å²) in [6.45, 7) is 2.60. The van der Waals surface area contributed by atoms with Gasteiger partial charge in [-0.05, 0) is 43.7 Å². The van der Waals surface area contributed by atoms with Crippen LogP contribution in [0, 0.1) is 5.82 Å². The summed E-state index contributed by atoms with van der Waals surface area (Å²) in [6, 6.07) is 6.35. The largest absolute Gasteiger partial charge is 0.490 e. The molecule has 3 aromatic rings. The Labute approximate surface area is 192 Å². The molecule has 176 valence electrons. The van der Waals surface area contributed by atoms with Crippen molar-refractivity contribution in [1.29, 1.82) is 0 Å². The average Bonchev–Trinajstić information content (AvgIpc) is 3.19. The molecule has 2 bridgehead atoms. The van der Waals surface area contributed by atoms with E-state index in [1.807, 2.05) is 6.07 Å². The first-order valence-electron chi connectivity index (χ1n) is 11.9. The minimum absolute atomic E-state index is 0.136. The Bertz CT molecular complexity index is 1110. The van der Waals surface area contributed by atoms with E-state index < -0.39 is 0 Å². The van der Waals surface area contributed by atoms with Gasteiger partial charge in [0.25, 0.3) is 0 Å². The Morgan fingerprint density at radius 1 is 1.24 bits per heavy atom. The number of hydrogen-bond acceptors (Lipinski definition) is 7. The number of rotatable bonds is 8. The molecule has 2 fully saturated rings. The van der Waals surface area contributed by atoms with Crippen molar-refractivity contribution in [1.82, 2.24) is 24.9 Å². The number of nitrogens with one attached hydrogen (secondary N) is 1. The summed E-state index contributed by atoms with van der Waals surface area (Å²) in [7, 11) is 0. The number of piperidine rings is 2. The molecule has 5 rings (SSSR count). The van der Waals surface area contributed by atoms with Crippen LogP contribution in [0.1, 0.15) is 63.1 Å². The number of nitrogens with two attached hydrogens (primary N) is 1. The Hall–Kier alpha value is -2.94. The predicted octanol–water partition coefficient (Wildman–Crippen LogP) is 3.67. The zero-order chi connectivity index (χ0) is 22.8. The summed E-state index contributed by atoms with van der Waals surface area (Å²) in [5, 5.41) is 8.06. The fourth-order valence-corrected chi connectivity index (χ4v) is 4.86. The average molecular weight is 455 g/mol. The van der Waals surface area contributed by atoms with Gasteiger partial charge in [-0.25, -0.2) is 13.9 Å². The quantitative estimate of drug-likeness (QED) is 0.501. The van der Waals surface area contributed by atoms with E-state index in [-0.39, 0.29) is 23.7 Å². The number of fused-ring (bicyclic) bond motifs is 3. The van der Waals surface area contributed by atoms with E-state index in [0.29, 0.717) is 47.8 Å². The van der Waals surface area contributed by atoms with Crippen molar-refractivity contribution in [2.45, 2.75) is 76.5 Å². The van der Waals surface area contributed by atoms with Gasteiger partial charge in [0, 0.05) is 24.6 Å². The van der Waals surface area contributed by atoms with Gasteiger partial charge in [0.2, 0.25) is 0 Å². The third kappa shape index (κ3) is 4.88. The van der Waals surface area contributed by atoms with Crippen LogP contribution in [0.5, 0.6) is 11.8 Å². The maximum absolute atomic E-state index is 15.0. The van der Waals surface area contributed by atoms with Crippen molar-refractivity contribution in [3.63, 3.8) is 0 Å². The van der Waals surface area contributed by atoms with Gasteiger partial charge in [0.1, 0.15) is 17.7 Å². The van der Waals surface area contributed by atoms with E-state index in [0.717, 1.165) is 25.7 Å². The van der Waals surface area contributed by atoms with Gasteiger partial charge in [-0.2, -0.15) is 4.98 Å². The lowest BCUT2D eigenvalue weighted by atomic mass is 9.85. The van der Waals surface area contributed by atoms with E-state index in [9.17, 15) is 4.39 Å². The third-order valence-corrected chi connectivity index (χ3v) is 6.54. The zero-order valence-electron chi connectivity index (χ0n) is 19.0. The molecule has 2 aliphatic heterocycles. The van der Waals surface area contributed by atoms with Gasteiger partial charge < -0.3 is 20.5 Å². The van der Waals surface area contributed by atoms with Crippen LogP contribution in [0.4, 0.5) is 10.2 Å². The fourth-order valence-electron chi connectivity index (χ4n) is 4.86. The van der Waals surface area contributed by atoms with E-state index >= 15 is 0 Å². The summed E-state index contributed by atoms with van der Waals surface area (Å²) >= 11 is 0. The van der Waals surface area contributed by atoms with Crippen LogP contribution >= 0.6 is 0 Å². The topological polar surface area (TPSA) is 99.6 Å². The predicted molar refractivity (Wildman–Crippen MR) is 123 cm³/mol. The maximum atomic E-state index is 15.0. The first kappa shape index (κ1) is 21.9. The van der Waals surface area contributed by atoms with Crippen molar-refractivity contribution in [2.75, 3.05) is 12.3 Å². The molecule has 0 saturated carbocycles. The normalized spacial score (nSPS) is 22.4. The minimum Gasteiger partial charge on any atom is -0.490 e. The number of nitrogen functional groups attached to an aromatic ring is 1. The summed E-state index contributed by atoms with van der Waals surface area (Å²) in [5.74, 6) is 0.509. The van der Waals surface area contributed by atoms with Crippen LogP contribution in [-0.4, -0.2) is 44.4 Å². The molecule has 1 aromatic carbocycles. The highest BCUT2D eigenvalue weighted by molar-refractivity contribution is 5.59. The number of benzene rings is 1. The van der Waals surface area contributed by atoms with Gasteiger partial charge in [0.15, 0.2) is 11.5 Å². The Kier molecular flexibility index (Phi) is 6.30. The number of nitrogens with zero attached hydrogens (tertiary/aromatic N) is 4. The zero-order valence-corrected chi connectivity index (χ0v) is 19.0. The van der Waals surface area contributed by atoms with Gasteiger partial charge in [-0.15, -0.1) is 5.10 Å². The van der Waals surface area contributed by atoms with Crippen molar-refractivity contribution in [3.05, 3.63) is 41.5 Å². The first-order chi connectivity index (χ1) is 16.1. The third-order valence-electron chi connectivity index (χ3n) is 6.54. The molecule has 2 saturated heterocycles. The summed E-state index contributed by atoms with van der Waals surface area (Å²) in [4.78, 5) is 8.47. The summed E-state index contributed by atoms with van der Waals surface area (Å²) in [5.41, 5.74) is 7.71. The maximum Gasteiger partial charge on any atom is 0.336 e. The van der Waals surface area contributed by atoms with Crippen molar-refractivity contribution in [2.24, 2.45) is 0 Å². The van der Waals surface area contributed by atoms with Gasteiger partial charge in [-0.1, -0.05) is 25.8 Å². The molecule has 8 nitrogen and oxygen atoms in total. The number of imidazole rings is 1. The number of aromatic nitrogens is 4. The first-order valence-corrected chi connectivity index (χ1v) is 11.9. The number of anilines is 1. The molecule has 1 unspecified atom stereocenters. The highest BCUT2D eigenvalue weighted by Crippen LogP contribution is 2.29. The highest BCUT2D eigenvalue weighted by Gasteiger charge is 2.32. The molecule has 2 aromatic heterocycles. The van der Waals surface area contributed by atoms with Crippen LogP contribution < -0.4 is 20.5 Å². The van der Waals surface area contributed by atoms with E-state index in [1.165, 1.54) is 25.3 Å². The summed E-state index contributed by atoms with van der Waals surface area (Å²) < 4.78 is 28.3. The number of ether oxygens (including phenoxy) is 2. The second-order valence-corrected chi connectivity index (χ2v) is 9.10. The fraction of sp³-hybridized carbons (Fsp3) is 0.542. The Balaban J connectivity index is 1.30. The van der Waals surface area contributed by atoms with Gasteiger partial charge >= 0.3 is 6.01 Å². The van der Waals surface area contributed by atoms with E-state index in [1.54, 1.807) is 16.8 Å². The number of halogens is 1.